The van der Waals surface area contributed by atoms with E-state index >= 15 is 0 Å². The van der Waals surface area contributed by atoms with Crippen LogP contribution in [0.5, 0.6) is 0 Å². The molecule has 3 N–H and O–H groups in total. The summed E-state index contributed by atoms with van der Waals surface area (Å²) in [5.74, 6) is -4.48. The zero-order chi connectivity index (χ0) is 22.0. The van der Waals surface area contributed by atoms with Crippen molar-refractivity contribution >= 4 is 29.3 Å². The molecule has 0 radical (unpaired) electrons. The first-order valence-electron chi connectivity index (χ1n) is 8.61. The van der Waals surface area contributed by atoms with E-state index in [1.807, 2.05) is 0 Å². The maximum Gasteiger partial charge on any atom is 1.00 e. The maximum atomic E-state index is 13.4. The van der Waals surface area contributed by atoms with Crippen molar-refractivity contribution < 1.29 is 59.3 Å². The van der Waals surface area contributed by atoms with Crippen molar-refractivity contribution in [2.45, 2.75) is 6.92 Å². The maximum absolute atomic E-state index is 13.4. The van der Waals surface area contributed by atoms with Crippen LogP contribution in [0.2, 0.25) is 0 Å². The summed E-state index contributed by atoms with van der Waals surface area (Å²) in [5, 5.41) is 17.7. The minimum absolute atomic E-state index is 0. The van der Waals surface area contributed by atoms with Gasteiger partial charge in [-0.2, -0.15) is 5.10 Å². The second-order valence-electron chi connectivity index (χ2n) is 6.42. The number of aromatic amines is 1. The average molecular weight is 438 g/mol. The largest absolute Gasteiger partial charge is 1.00 e. The number of benzene rings is 2. The molecule has 0 bridgehead atoms. The molecule has 11 heteroatoms. The number of H-pyrrole nitrogens is 1. The van der Waals surface area contributed by atoms with E-state index < -0.39 is 29.4 Å². The number of aromatic nitrogens is 2. The third-order valence-corrected chi connectivity index (χ3v) is 4.37. The smallest absolute Gasteiger partial charge is 1.00 e. The van der Waals surface area contributed by atoms with Crippen molar-refractivity contribution in [1.82, 2.24) is 10.2 Å². The number of carbonyl (C=O) groups excluding carboxylic acids is 2. The average Bonchev–Trinajstić information content (AvgIpc) is 3.18. The van der Waals surface area contributed by atoms with Crippen LogP contribution in [-0.2, 0) is 0 Å². The van der Waals surface area contributed by atoms with Crippen LogP contribution in [-0.4, -0.2) is 40.1 Å². The van der Waals surface area contributed by atoms with E-state index in [-0.39, 0.29) is 59.2 Å². The molecule has 156 valence electrons. The van der Waals surface area contributed by atoms with Crippen LogP contribution in [0.25, 0.3) is 0 Å². The molecule has 2 aromatic carbocycles. The molecule has 0 aliphatic carbocycles. The van der Waals surface area contributed by atoms with Gasteiger partial charge in [0, 0.05) is 24.4 Å². The molecule has 3 rings (SSSR count). The van der Waals surface area contributed by atoms with Gasteiger partial charge in [0.15, 0.2) is 17.5 Å². The van der Waals surface area contributed by atoms with Gasteiger partial charge in [0.25, 0.3) is 11.8 Å². The van der Waals surface area contributed by atoms with E-state index in [2.05, 4.69) is 15.5 Å². The van der Waals surface area contributed by atoms with Crippen molar-refractivity contribution in [3.8, 4) is 0 Å². The number of carboxylic acids is 1. The van der Waals surface area contributed by atoms with Gasteiger partial charge in [-0.15, -0.1) is 0 Å². The summed E-state index contributed by atoms with van der Waals surface area (Å²) >= 11 is 0. The van der Waals surface area contributed by atoms with Crippen LogP contribution in [0, 0.1) is 18.6 Å². The third-order valence-electron chi connectivity index (χ3n) is 4.37. The molecule has 1 aromatic heterocycles. The third kappa shape index (κ3) is 5.35. The Morgan fingerprint density at radius 3 is 2.32 bits per heavy atom. The normalized spacial score (nSPS) is 10.2. The fraction of sp³-hybridized carbons (Fsp3) is 0.100. The molecular formula is C20H17F2N4NaO4. The molecule has 8 nitrogen and oxygen atoms in total. The molecule has 0 saturated carbocycles. The molecule has 2 amide bonds. The first kappa shape index (κ1) is 24.2. The van der Waals surface area contributed by atoms with Gasteiger partial charge in [-0.25, -0.2) is 13.6 Å². The summed E-state index contributed by atoms with van der Waals surface area (Å²) in [6, 6.07) is 8.67. The second kappa shape index (κ2) is 9.82. The van der Waals surface area contributed by atoms with Gasteiger partial charge in [0.05, 0.1) is 5.56 Å². The van der Waals surface area contributed by atoms with Gasteiger partial charge in [-0.3, -0.25) is 14.7 Å². The summed E-state index contributed by atoms with van der Waals surface area (Å²) in [6.45, 7) is 1.46. The number of aryl methyl sites for hydroxylation is 1. The molecule has 0 fully saturated rings. The molecule has 0 spiro atoms. The van der Waals surface area contributed by atoms with Crippen LogP contribution < -0.4 is 39.8 Å². The van der Waals surface area contributed by atoms with Crippen molar-refractivity contribution in [3.63, 3.8) is 0 Å². The number of hydrogen-bond donors (Lipinski definition) is 3. The van der Waals surface area contributed by atoms with E-state index in [4.69, 9.17) is 5.11 Å². The first-order chi connectivity index (χ1) is 14.2. The molecule has 0 atom stereocenters. The number of hydrogen-bond acceptors (Lipinski definition) is 4. The number of halogens is 2. The standard InChI is InChI=1S/C20H16F2N4O4.Na.H/c1-10-7-14(21)15(22)8-13(10)18(27)23-17-9-16(24-25-17)19(28)26(2)12-5-3-11(4-6-12)20(29)30;;/h3-9H,1-2H3,(H,29,30)(H2,23,24,25,27);;/q;+1;-1. The van der Waals surface area contributed by atoms with Crippen LogP contribution in [0.4, 0.5) is 20.3 Å². The number of amides is 2. The number of carbonyl (C=O) groups is 3. The van der Waals surface area contributed by atoms with Gasteiger partial charge < -0.3 is 16.7 Å². The molecule has 1 heterocycles. The SMILES string of the molecule is Cc1cc(F)c(F)cc1C(=O)Nc1cc(C(=O)N(C)c2ccc(C(=O)O)cc2)[nH]n1.[H-].[Na+]. The van der Waals surface area contributed by atoms with E-state index in [9.17, 15) is 23.2 Å². The predicted octanol–water partition coefficient (Wildman–Crippen LogP) is 0.340. The minimum Gasteiger partial charge on any atom is -1.00 e. The Kier molecular flexibility index (Phi) is 7.66. The fourth-order valence-corrected chi connectivity index (χ4v) is 2.70. The van der Waals surface area contributed by atoms with Gasteiger partial charge in [0.1, 0.15) is 5.69 Å². The molecule has 3 aromatic rings. The van der Waals surface area contributed by atoms with Gasteiger partial charge in [-0.05, 0) is 48.9 Å². The number of aromatic carboxylic acids is 1. The summed E-state index contributed by atoms with van der Waals surface area (Å²) in [4.78, 5) is 37.1. The molecular weight excluding hydrogens is 421 g/mol. The van der Waals surface area contributed by atoms with E-state index in [0.717, 1.165) is 12.1 Å². The number of nitrogens with zero attached hydrogens (tertiary/aromatic N) is 2. The number of anilines is 2. The Bertz CT molecular complexity index is 1160. The van der Waals surface area contributed by atoms with Crippen molar-refractivity contribution in [2.75, 3.05) is 17.3 Å². The van der Waals surface area contributed by atoms with Gasteiger partial charge >= 0.3 is 35.5 Å². The zero-order valence-corrected chi connectivity index (χ0v) is 18.9. The first-order valence-corrected chi connectivity index (χ1v) is 8.61. The number of carboxylic acid groups (broad SMARTS) is 1. The quantitative estimate of drug-likeness (QED) is 0.497. The van der Waals surface area contributed by atoms with E-state index in [1.165, 1.54) is 49.2 Å². The summed E-state index contributed by atoms with van der Waals surface area (Å²) in [5.41, 5.74) is 0.751. The van der Waals surface area contributed by atoms with Crippen molar-refractivity contribution in [3.05, 3.63) is 76.5 Å². The molecule has 0 aliphatic heterocycles. The fourth-order valence-electron chi connectivity index (χ4n) is 2.70. The van der Waals surface area contributed by atoms with Crippen molar-refractivity contribution in [2.24, 2.45) is 0 Å². The monoisotopic (exact) mass is 438 g/mol. The molecule has 31 heavy (non-hydrogen) atoms. The predicted molar refractivity (Wildman–Crippen MR) is 105 cm³/mol. The Morgan fingerprint density at radius 1 is 1.10 bits per heavy atom. The van der Waals surface area contributed by atoms with Crippen LogP contribution in [0.15, 0.2) is 42.5 Å². The number of nitrogens with one attached hydrogen (secondary N) is 2. The Morgan fingerprint density at radius 2 is 1.71 bits per heavy atom. The van der Waals surface area contributed by atoms with Crippen LogP contribution >= 0.6 is 0 Å². The second-order valence-corrected chi connectivity index (χ2v) is 6.42. The van der Waals surface area contributed by atoms with Crippen LogP contribution in [0.1, 0.15) is 38.2 Å². The Hall–Kier alpha value is -3.08. The van der Waals surface area contributed by atoms with Gasteiger partial charge in [-0.1, -0.05) is 0 Å². The Balaban J connectivity index is 0.00000256. The zero-order valence-electron chi connectivity index (χ0n) is 17.9. The molecule has 0 aliphatic rings. The topological polar surface area (TPSA) is 115 Å². The molecule has 0 saturated heterocycles. The number of rotatable bonds is 5. The van der Waals surface area contributed by atoms with Crippen LogP contribution in [0.3, 0.4) is 0 Å². The van der Waals surface area contributed by atoms with E-state index in [0.29, 0.717) is 5.69 Å². The Labute approximate surface area is 199 Å². The van der Waals surface area contributed by atoms with Gasteiger partial charge in [0.2, 0.25) is 0 Å². The van der Waals surface area contributed by atoms with Crippen molar-refractivity contribution in [1.29, 1.82) is 0 Å². The minimum atomic E-state index is -1.15. The molecule has 0 unspecified atom stereocenters. The summed E-state index contributed by atoms with van der Waals surface area (Å²) in [7, 11) is 1.49. The summed E-state index contributed by atoms with van der Waals surface area (Å²) in [6.07, 6.45) is 0. The summed E-state index contributed by atoms with van der Waals surface area (Å²) < 4.78 is 26.7. The van der Waals surface area contributed by atoms with E-state index in [1.54, 1.807) is 0 Å².